The smallest absolute Gasteiger partial charge is 0.246 e. The number of piperidine rings is 2. The van der Waals surface area contributed by atoms with Crippen molar-refractivity contribution in [1.82, 2.24) is 15.0 Å². The highest BCUT2D eigenvalue weighted by atomic mass is 19.1. The molecule has 8 heteroatoms. The van der Waals surface area contributed by atoms with Crippen LogP contribution < -0.4 is 0 Å². The minimum absolute atomic E-state index is 0.0206. The SMILES string of the molecule is O=C(/C=C/c1ccc(O)c(O)c1)N1CCC[C@H](CCN2CCC(c3noc4cc(F)ccc34)CC2)C1. The second kappa shape index (κ2) is 10.7. The van der Waals surface area contributed by atoms with Gasteiger partial charge in [0.1, 0.15) is 5.82 Å². The van der Waals surface area contributed by atoms with Gasteiger partial charge >= 0.3 is 0 Å². The number of carbonyl (C=O) groups is 1. The maximum Gasteiger partial charge on any atom is 0.246 e. The Balaban J connectivity index is 1.08. The van der Waals surface area contributed by atoms with Gasteiger partial charge in [0.2, 0.25) is 5.91 Å². The van der Waals surface area contributed by atoms with Crippen LogP contribution in [0.25, 0.3) is 17.0 Å². The fourth-order valence-corrected chi connectivity index (χ4v) is 5.44. The lowest BCUT2D eigenvalue weighted by Crippen LogP contribution is -2.41. The summed E-state index contributed by atoms with van der Waals surface area (Å²) in [5.74, 6) is 0.116. The number of aromatic nitrogens is 1. The molecule has 2 aliphatic rings. The lowest BCUT2D eigenvalue weighted by Gasteiger charge is -2.35. The average molecular weight is 494 g/mol. The van der Waals surface area contributed by atoms with Crippen LogP contribution >= 0.6 is 0 Å². The number of hydrogen-bond donors (Lipinski definition) is 2. The fraction of sp³-hybridized carbons (Fsp3) is 0.429. The second-order valence-electron chi connectivity index (χ2n) is 9.99. The van der Waals surface area contributed by atoms with Gasteiger partial charge in [-0.1, -0.05) is 11.2 Å². The fourth-order valence-electron chi connectivity index (χ4n) is 5.44. The Kier molecular flexibility index (Phi) is 7.23. The van der Waals surface area contributed by atoms with Gasteiger partial charge in [-0.25, -0.2) is 4.39 Å². The highest BCUT2D eigenvalue weighted by Crippen LogP contribution is 2.33. The molecule has 36 heavy (non-hydrogen) atoms. The molecule has 2 N–H and O–H groups in total. The summed E-state index contributed by atoms with van der Waals surface area (Å²) in [7, 11) is 0. The Bertz CT molecular complexity index is 1250. The monoisotopic (exact) mass is 493 g/mol. The molecule has 0 bridgehead atoms. The first-order chi connectivity index (χ1) is 17.5. The van der Waals surface area contributed by atoms with E-state index in [9.17, 15) is 19.4 Å². The average Bonchev–Trinajstić information content (AvgIpc) is 3.31. The van der Waals surface area contributed by atoms with Crippen molar-refractivity contribution in [3.05, 3.63) is 59.5 Å². The molecule has 0 aliphatic carbocycles. The highest BCUT2D eigenvalue weighted by molar-refractivity contribution is 5.92. The van der Waals surface area contributed by atoms with Gasteiger partial charge in [-0.3, -0.25) is 4.79 Å². The predicted octanol–water partition coefficient (Wildman–Crippen LogP) is 4.90. The molecule has 1 amide bonds. The highest BCUT2D eigenvalue weighted by Gasteiger charge is 2.27. The van der Waals surface area contributed by atoms with E-state index in [1.807, 2.05) is 4.90 Å². The predicted molar refractivity (Wildman–Crippen MR) is 135 cm³/mol. The maximum absolute atomic E-state index is 13.4. The number of halogens is 1. The molecule has 3 heterocycles. The quantitative estimate of drug-likeness (QED) is 0.375. The van der Waals surface area contributed by atoms with Crippen LogP contribution in [0.5, 0.6) is 11.5 Å². The molecule has 0 unspecified atom stereocenters. The van der Waals surface area contributed by atoms with Crippen molar-refractivity contribution >= 4 is 23.0 Å². The molecule has 2 fully saturated rings. The van der Waals surface area contributed by atoms with Crippen molar-refractivity contribution in [3.63, 3.8) is 0 Å². The molecular weight excluding hydrogens is 461 g/mol. The summed E-state index contributed by atoms with van der Waals surface area (Å²) in [4.78, 5) is 17.1. The first-order valence-corrected chi connectivity index (χ1v) is 12.7. The van der Waals surface area contributed by atoms with Crippen molar-refractivity contribution in [2.24, 2.45) is 5.92 Å². The zero-order valence-corrected chi connectivity index (χ0v) is 20.3. The topological polar surface area (TPSA) is 90.0 Å². The third-order valence-electron chi connectivity index (χ3n) is 7.54. The minimum atomic E-state index is -0.309. The second-order valence-corrected chi connectivity index (χ2v) is 9.99. The summed E-state index contributed by atoms with van der Waals surface area (Å²) in [6.45, 7) is 4.55. The Labute approximate surface area is 209 Å². The van der Waals surface area contributed by atoms with Crippen LogP contribution in [0.4, 0.5) is 4.39 Å². The van der Waals surface area contributed by atoms with Gasteiger partial charge in [0.05, 0.1) is 5.69 Å². The van der Waals surface area contributed by atoms with Crippen molar-refractivity contribution in [2.45, 2.75) is 38.0 Å². The molecule has 7 nitrogen and oxygen atoms in total. The van der Waals surface area contributed by atoms with E-state index >= 15 is 0 Å². The van der Waals surface area contributed by atoms with Gasteiger partial charge in [-0.15, -0.1) is 0 Å². The number of fused-ring (bicyclic) bond motifs is 1. The van der Waals surface area contributed by atoms with E-state index in [1.165, 1.54) is 24.3 Å². The van der Waals surface area contributed by atoms with Crippen molar-refractivity contribution in [3.8, 4) is 11.5 Å². The van der Waals surface area contributed by atoms with Crippen molar-refractivity contribution in [2.75, 3.05) is 32.7 Å². The maximum atomic E-state index is 13.4. The van der Waals surface area contributed by atoms with Crippen LogP contribution in [0.3, 0.4) is 0 Å². The van der Waals surface area contributed by atoms with Gasteiger partial charge in [-0.05, 0) is 93.6 Å². The Morgan fingerprint density at radius 3 is 2.72 bits per heavy atom. The van der Waals surface area contributed by atoms with Gasteiger partial charge in [0.15, 0.2) is 17.1 Å². The Hall–Kier alpha value is -3.39. The lowest BCUT2D eigenvalue weighted by atomic mass is 9.90. The number of hydrogen-bond acceptors (Lipinski definition) is 6. The summed E-state index contributed by atoms with van der Waals surface area (Å²) in [6.07, 6.45) is 8.43. The number of nitrogens with zero attached hydrogens (tertiary/aromatic N) is 3. The van der Waals surface area contributed by atoms with E-state index < -0.39 is 0 Å². The first kappa shape index (κ1) is 24.3. The lowest BCUT2D eigenvalue weighted by molar-refractivity contribution is -0.127. The molecule has 3 aromatic rings. The van der Waals surface area contributed by atoms with Crippen LogP contribution in [-0.4, -0.2) is 63.8 Å². The molecule has 0 spiro atoms. The molecule has 2 aliphatic heterocycles. The molecular formula is C28H32FN3O4. The number of likely N-dealkylation sites (tertiary alicyclic amines) is 2. The number of amides is 1. The van der Waals surface area contributed by atoms with Crippen LogP contribution in [-0.2, 0) is 4.79 Å². The van der Waals surface area contributed by atoms with E-state index in [1.54, 1.807) is 24.3 Å². The summed E-state index contributed by atoms with van der Waals surface area (Å²) in [5, 5.41) is 24.2. The van der Waals surface area contributed by atoms with Crippen molar-refractivity contribution < 1.29 is 23.9 Å². The van der Waals surface area contributed by atoms with Gasteiger partial charge < -0.3 is 24.5 Å². The van der Waals surface area contributed by atoms with Crippen LogP contribution in [0, 0.1) is 11.7 Å². The van der Waals surface area contributed by atoms with Gasteiger partial charge in [-0.2, -0.15) is 0 Å². The van der Waals surface area contributed by atoms with E-state index in [-0.39, 0.29) is 23.2 Å². The summed E-state index contributed by atoms with van der Waals surface area (Å²) < 4.78 is 18.8. The Morgan fingerprint density at radius 2 is 1.92 bits per heavy atom. The number of rotatable bonds is 6. The molecule has 5 rings (SSSR count). The molecule has 1 aromatic heterocycles. The van der Waals surface area contributed by atoms with Crippen LogP contribution in [0.15, 0.2) is 47.0 Å². The van der Waals surface area contributed by atoms with Gasteiger partial charge in [0, 0.05) is 36.5 Å². The number of aromatic hydroxyl groups is 2. The summed E-state index contributed by atoms with van der Waals surface area (Å²) in [6, 6.07) is 9.13. The third-order valence-corrected chi connectivity index (χ3v) is 7.54. The minimum Gasteiger partial charge on any atom is -0.504 e. The number of phenols is 2. The van der Waals surface area contributed by atoms with E-state index in [0.717, 1.165) is 75.9 Å². The van der Waals surface area contributed by atoms with Gasteiger partial charge in [0.25, 0.3) is 0 Å². The van der Waals surface area contributed by atoms with E-state index in [4.69, 9.17) is 4.52 Å². The molecule has 1 atom stereocenters. The third kappa shape index (κ3) is 5.54. The summed E-state index contributed by atoms with van der Waals surface area (Å²) >= 11 is 0. The van der Waals surface area contributed by atoms with E-state index in [2.05, 4.69) is 10.1 Å². The standard InChI is InChI=1S/C28H32FN3O4/c29-22-5-6-23-26(17-22)36-30-28(23)21-10-14-31(15-11-21)13-9-20-2-1-12-32(18-20)27(35)8-4-19-3-7-24(33)25(34)16-19/h3-8,16-17,20-21,33-34H,1-2,9-15,18H2/b8-4+/t20-/m1/s1. The molecule has 0 radical (unpaired) electrons. The molecule has 0 saturated carbocycles. The van der Waals surface area contributed by atoms with E-state index in [0.29, 0.717) is 23.0 Å². The largest absolute Gasteiger partial charge is 0.504 e. The summed E-state index contributed by atoms with van der Waals surface area (Å²) in [5.41, 5.74) is 2.13. The first-order valence-electron chi connectivity index (χ1n) is 12.7. The molecule has 2 aromatic carbocycles. The normalized spacial score (nSPS) is 19.9. The van der Waals surface area contributed by atoms with Crippen molar-refractivity contribution in [1.29, 1.82) is 0 Å². The number of carbonyl (C=O) groups excluding carboxylic acids is 1. The number of phenolic OH excluding ortho intramolecular Hbond substituents is 2. The molecule has 190 valence electrons. The zero-order valence-electron chi connectivity index (χ0n) is 20.3. The van der Waals surface area contributed by atoms with Crippen LogP contribution in [0.2, 0.25) is 0 Å². The Morgan fingerprint density at radius 1 is 1.08 bits per heavy atom. The molecule has 2 saturated heterocycles. The zero-order chi connectivity index (χ0) is 25.1. The van der Waals surface area contributed by atoms with Crippen LogP contribution in [0.1, 0.15) is 49.3 Å². The number of benzene rings is 2.